The molecule has 0 bridgehead atoms. The van der Waals surface area contributed by atoms with E-state index in [-0.39, 0.29) is 0 Å². The third-order valence-electron chi connectivity index (χ3n) is 6.73. The van der Waals surface area contributed by atoms with Gasteiger partial charge in [0.1, 0.15) is 5.82 Å². The summed E-state index contributed by atoms with van der Waals surface area (Å²) in [6.07, 6.45) is 8.57. The first-order chi connectivity index (χ1) is 15.3. The van der Waals surface area contributed by atoms with E-state index in [0.717, 1.165) is 34.4 Å². The number of aromatic nitrogens is 2. The Labute approximate surface area is 184 Å². The number of nitrogens with zero attached hydrogens (tertiary/aromatic N) is 2. The lowest BCUT2D eigenvalue weighted by atomic mass is 9.77. The van der Waals surface area contributed by atoms with Gasteiger partial charge in [-0.3, -0.25) is 4.98 Å². The molecule has 1 saturated carbocycles. The Morgan fingerprint density at radius 2 is 1.55 bits per heavy atom. The molecule has 1 aliphatic rings. The molecule has 0 saturated heterocycles. The second-order valence-corrected chi connectivity index (χ2v) is 8.70. The number of hydrogen-bond acceptors (Lipinski definition) is 3. The maximum atomic E-state index is 4.72. The normalized spacial score (nSPS) is 18.7. The van der Waals surface area contributed by atoms with E-state index in [1.165, 1.54) is 48.8 Å². The largest absolute Gasteiger partial charge is 0.339 e. The fourth-order valence-corrected chi connectivity index (χ4v) is 4.77. The lowest BCUT2D eigenvalue weighted by Gasteiger charge is -2.28. The van der Waals surface area contributed by atoms with E-state index in [2.05, 4.69) is 59.7 Å². The first-order valence-corrected chi connectivity index (χ1v) is 11.5. The summed E-state index contributed by atoms with van der Waals surface area (Å²) in [4.78, 5) is 9.36. The van der Waals surface area contributed by atoms with Crippen molar-refractivity contribution >= 4 is 22.5 Å². The van der Waals surface area contributed by atoms with E-state index in [9.17, 15) is 0 Å². The van der Waals surface area contributed by atoms with E-state index >= 15 is 0 Å². The number of benzene rings is 3. The maximum Gasteiger partial charge on any atom is 0.149 e. The van der Waals surface area contributed by atoms with Crippen molar-refractivity contribution in [3.63, 3.8) is 0 Å². The summed E-state index contributed by atoms with van der Waals surface area (Å²) in [6, 6.07) is 25.6. The fraction of sp³-hybridized carbons (Fsp3) is 0.286. The van der Waals surface area contributed by atoms with Crippen LogP contribution in [0.3, 0.4) is 0 Å². The number of hydrogen-bond donors (Lipinski definition) is 1. The van der Waals surface area contributed by atoms with Crippen molar-refractivity contribution in [2.75, 3.05) is 5.32 Å². The molecule has 0 amide bonds. The van der Waals surface area contributed by atoms with Crippen LogP contribution in [0.15, 0.2) is 79.0 Å². The van der Waals surface area contributed by atoms with E-state index in [1.54, 1.807) is 6.20 Å². The second-order valence-electron chi connectivity index (χ2n) is 8.70. The van der Waals surface area contributed by atoms with Gasteiger partial charge in [0.15, 0.2) is 0 Å². The Kier molecular flexibility index (Phi) is 5.66. The van der Waals surface area contributed by atoms with Crippen LogP contribution in [0.4, 0.5) is 11.5 Å². The van der Waals surface area contributed by atoms with Crippen molar-refractivity contribution in [2.24, 2.45) is 5.92 Å². The van der Waals surface area contributed by atoms with Gasteiger partial charge in [-0.1, -0.05) is 61.9 Å². The summed E-state index contributed by atoms with van der Waals surface area (Å²) in [5, 5.41) is 3.31. The lowest BCUT2D eigenvalue weighted by molar-refractivity contribution is 0.319. The van der Waals surface area contributed by atoms with Crippen LogP contribution in [-0.4, -0.2) is 9.97 Å². The van der Waals surface area contributed by atoms with Gasteiger partial charge in [-0.15, -0.1) is 0 Å². The number of fused-ring (bicyclic) bond motifs is 1. The number of anilines is 2. The topological polar surface area (TPSA) is 37.8 Å². The molecule has 3 nitrogen and oxygen atoms in total. The van der Waals surface area contributed by atoms with E-state index in [1.807, 2.05) is 30.3 Å². The van der Waals surface area contributed by atoms with Crippen molar-refractivity contribution in [1.82, 2.24) is 9.97 Å². The highest BCUT2D eigenvalue weighted by Gasteiger charge is 2.21. The van der Waals surface area contributed by atoms with Crippen LogP contribution in [0, 0.1) is 5.92 Å². The first kappa shape index (κ1) is 19.7. The molecule has 0 spiro atoms. The van der Waals surface area contributed by atoms with Crippen molar-refractivity contribution in [3.8, 4) is 11.1 Å². The van der Waals surface area contributed by atoms with Gasteiger partial charge in [-0.25, -0.2) is 4.98 Å². The molecule has 156 valence electrons. The molecule has 0 atom stereocenters. The third-order valence-corrected chi connectivity index (χ3v) is 6.73. The molecular formula is C28H29N3. The standard InChI is InChI=1S/C28H29N3/c1-2-20-8-10-21(11-9-20)22-12-14-23(15-13-22)24-16-17-26-27(18-24)29-19-28(31-26)30-25-6-4-3-5-7-25/h3-7,12-21H,2,8-11H2,1H3,(H,30,31). The molecule has 0 aliphatic heterocycles. The number of rotatable bonds is 5. The van der Waals surface area contributed by atoms with Crippen LogP contribution < -0.4 is 5.32 Å². The molecule has 3 aromatic carbocycles. The minimum Gasteiger partial charge on any atom is -0.339 e. The van der Waals surface area contributed by atoms with Gasteiger partial charge in [0.25, 0.3) is 0 Å². The van der Waals surface area contributed by atoms with Crippen LogP contribution in [0.25, 0.3) is 22.2 Å². The van der Waals surface area contributed by atoms with Crippen molar-refractivity contribution in [2.45, 2.75) is 44.9 Å². The molecule has 3 heteroatoms. The monoisotopic (exact) mass is 407 g/mol. The molecule has 0 radical (unpaired) electrons. The van der Waals surface area contributed by atoms with Crippen molar-refractivity contribution < 1.29 is 0 Å². The summed E-state index contributed by atoms with van der Waals surface area (Å²) in [7, 11) is 0. The van der Waals surface area contributed by atoms with Gasteiger partial charge in [0, 0.05) is 5.69 Å². The van der Waals surface area contributed by atoms with E-state index in [4.69, 9.17) is 4.98 Å². The maximum absolute atomic E-state index is 4.72. The zero-order valence-electron chi connectivity index (χ0n) is 18.1. The fourth-order valence-electron chi connectivity index (χ4n) is 4.77. The lowest BCUT2D eigenvalue weighted by Crippen LogP contribution is -2.12. The highest BCUT2D eigenvalue weighted by atomic mass is 15.0. The Hall–Kier alpha value is -3.20. The van der Waals surface area contributed by atoms with Crippen LogP contribution in [0.5, 0.6) is 0 Å². The van der Waals surface area contributed by atoms with Gasteiger partial charge in [0.05, 0.1) is 17.2 Å². The summed E-state index contributed by atoms with van der Waals surface area (Å²) in [6.45, 7) is 2.33. The summed E-state index contributed by atoms with van der Waals surface area (Å²) in [5.74, 6) is 2.43. The average molecular weight is 408 g/mol. The predicted molar refractivity (Wildman–Crippen MR) is 130 cm³/mol. The van der Waals surface area contributed by atoms with Crippen molar-refractivity contribution in [3.05, 3.63) is 84.6 Å². The van der Waals surface area contributed by atoms with Crippen LogP contribution in [-0.2, 0) is 0 Å². The van der Waals surface area contributed by atoms with Gasteiger partial charge in [0.2, 0.25) is 0 Å². The molecule has 1 N–H and O–H groups in total. The summed E-state index contributed by atoms with van der Waals surface area (Å²) < 4.78 is 0. The van der Waals surface area contributed by atoms with Gasteiger partial charge in [-0.05, 0) is 78.5 Å². The SMILES string of the molecule is CCC1CCC(c2ccc(-c3ccc4nc(Nc5ccccc5)cnc4c3)cc2)CC1. The molecule has 1 aliphatic carbocycles. The smallest absolute Gasteiger partial charge is 0.149 e. The molecule has 5 rings (SSSR count). The molecule has 1 heterocycles. The molecule has 1 fully saturated rings. The van der Waals surface area contributed by atoms with Gasteiger partial charge < -0.3 is 5.32 Å². The molecule has 4 aromatic rings. The zero-order valence-corrected chi connectivity index (χ0v) is 18.1. The number of para-hydroxylation sites is 1. The molecule has 0 unspecified atom stereocenters. The minimum atomic E-state index is 0.731. The van der Waals surface area contributed by atoms with E-state index in [0.29, 0.717) is 0 Å². The van der Waals surface area contributed by atoms with Crippen LogP contribution in [0.2, 0.25) is 0 Å². The summed E-state index contributed by atoms with van der Waals surface area (Å²) in [5.41, 5.74) is 6.74. The predicted octanol–water partition coefficient (Wildman–Crippen LogP) is 7.72. The average Bonchev–Trinajstić information content (AvgIpc) is 2.84. The number of nitrogens with one attached hydrogen (secondary N) is 1. The Morgan fingerprint density at radius 3 is 2.29 bits per heavy atom. The zero-order chi connectivity index (χ0) is 21.0. The molecular weight excluding hydrogens is 378 g/mol. The van der Waals surface area contributed by atoms with Gasteiger partial charge in [-0.2, -0.15) is 0 Å². The third kappa shape index (κ3) is 4.46. The Morgan fingerprint density at radius 1 is 0.806 bits per heavy atom. The minimum absolute atomic E-state index is 0.731. The molecule has 1 aromatic heterocycles. The first-order valence-electron chi connectivity index (χ1n) is 11.5. The Bertz CT molecular complexity index is 1140. The van der Waals surface area contributed by atoms with Crippen LogP contribution in [0.1, 0.15) is 50.5 Å². The quantitative estimate of drug-likeness (QED) is 0.368. The molecule has 31 heavy (non-hydrogen) atoms. The van der Waals surface area contributed by atoms with Crippen molar-refractivity contribution in [1.29, 1.82) is 0 Å². The summed E-state index contributed by atoms with van der Waals surface area (Å²) >= 11 is 0. The van der Waals surface area contributed by atoms with Gasteiger partial charge >= 0.3 is 0 Å². The Balaban J connectivity index is 1.32. The van der Waals surface area contributed by atoms with E-state index < -0.39 is 0 Å². The van der Waals surface area contributed by atoms with Crippen LogP contribution >= 0.6 is 0 Å². The highest BCUT2D eigenvalue weighted by Crippen LogP contribution is 2.37. The second kappa shape index (κ2) is 8.89. The highest BCUT2D eigenvalue weighted by molar-refractivity contribution is 5.82.